The average Bonchev–Trinajstić information content (AvgIpc) is 2.86. The highest BCUT2D eigenvalue weighted by atomic mass is 79.9. The third kappa shape index (κ3) is 2.71. The predicted molar refractivity (Wildman–Crippen MR) is 73.8 cm³/mol. The van der Waals surface area contributed by atoms with E-state index in [4.69, 9.17) is 9.47 Å². The first-order valence-electron chi connectivity index (χ1n) is 6.30. The van der Waals surface area contributed by atoms with Crippen molar-refractivity contribution in [3.05, 3.63) is 28.2 Å². The summed E-state index contributed by atoms with van der Waals surface area (Å²) in [7, 11) is 1.63. The number of aliphatic hydroxyl groups excluding tert-OH is 1. The van der Waals surface area contributed by atoms with Gasteiger partial charge in [-0.25, -0.2) is 0 Å². The van der Waals surface area contributed by atoms with Crippen LogP contribution in [0.15, 0.2) is 22.7 Å². The fourth-order valence-electron chi connectivity index (χ4n) is 2.55. The van der Waals surface area contributed by atoms with Gasteiger partial charge >= 0.3 is 0 Å². The molecule has 0 spiro atoms. The van der Waals surface area contributed by atoms with Crippen LogP contribution in [0.1, 0.15) is 31.4 Å². The third-order valence-corrected chi connectivity index (χ3v) is 4.28. The summed E-state index contributed by atoms with van der Waals surface area (Å²) in [5.74, 6) is 0.965. The normalized spacial score (nSPS) is 25.1. The van der Waals surface area contributed by atoms with Gasteiger partial charge in [-0.15, -0.1) is 0 Å². The van der Waals surface area contributed by atoms with E-state index in [9.17, 15) is 5.11 Å². The second-order valence-corrected chi connectivity index (χ2v) is 5.46. The maximum Gasteiger partial charge on any atom is 0.120 e. The lowest BCUT2D eigenvalue weighted by Gasteiger charge is -2.24. The Morgan fingerprint density at radius 3 is 2.94 bits per heavy atom. The van der Waals surface area contributed by atoms with Gasteiger partial charge in [-0.3, -0.25) is 0 Å². The molecule has 0 saturated carbocycles. The maximum absolute atomic E-state index is 10.5. The maximum atomic E-state index is 10.5. The number of halogens is 1. The molecular formula is C14H19BrO3. The molecule has 1 saturated heterocycles. The Balaban J connectivity index is 2.20. The molecule has 100 valence electrons. The Kier molecular flexibility index (Phi) is 4.65. The van der Waals surface area contributed by atoms with Crippen molar-refractivity contribution < 1.29 is 14.6 Å². The zero-order valence-electron chi connectivity index (χ0n) is 10.7. The Hall–Kier alpha value is -0.580. The lowest BCUT2D eigenvalue weighted by molar-refractivity contribution is 0.0304. The molecule has 3 atom stereocenters. The van der Waals surface area contributed by atoms with Crippen molar-refractivity contribution in [2.45, 2.75) is 32.0 Å². The standard InChI is InChI=1S/C14H19BrO3/c1-3-13-11(6-7-18-13)14(16)10-5-4-9(17-2)8-12(10)15/h4-5,8,11,13-14,16H,3,6-7H2,1-2H3. The zero-order valence-corrected chi connectivity index (χ0v) is 12.3. The van der Waals surface area contributed by atoms with E-state index in [2.05, 4.69) is 22.9 Å². The molecule has 0 radical (unpaired) electrons. The van der Waals surface area contributed by atoms with Crippen molar-refractivity contribution in [3.63, 3.8) is 0 Å². The fraction of sp³-hybridized carbons (Fsp3) is 0.571. The van der Waals surface area contributed by atoms with E-state index in [0.717, 1.165) is 35.2 Å². The molecule has 1 aromatic rings. The van der Waals surface area contributed by atoms with Crippen molar-refractivity contribution >= 4 is 15.9 Å². The molecule has 3 unspecified atom stereocenters. The molecule has 4 heteroatoms. The molecule has 0 aromatic heterocycles. The van der Waals surface area contributed by atoms with Crippen molar-refractivity contribution in [1.82, 2.24) is 0 Å². The van der Waals surface area contributed by atoms with Crippen molar-refractivity contribution in [3.8, 4) is 5.75 Å². The first kappa shape index (κ1) is 13.8. The molecule has 2 rings (SSSR count). The topological polar surface area (TPSA) is 38.7 Å². The zero-order chi connectivity index (χ0) is 13.1. The van der Waals surface area contributed by atoms with Gasteiger partial charge in [0.05, 0.1) is 19.3 Å². The number of hydrogen-bond donors (Lipinski definition) is 1. The van der Waals surface area contributed by atoms with Crippen LogP contribution in [0.25, 0.3) is 0 Å². The van der Waals surface area contributed by atoms with E-state index in [1.54, 1.807) is 7.11 Å². The van der Waals surface area contributed by atoms with Gasteiger partial charge in [0.2, 0.25) is 0 Å². The summed E-state index contributed by atoms with van der Waals surface area (Å²) in [6.45, 7) is 2.84. The number of aliphatic hydroxyl groups is 1. The Bertz CT molecular complexity index is 408. The van der Waals surface area contributed by atoms with Crippen LogP contribution in [0.2, 0.25) is 0 Å². The first-order chi connectivity index (χ1) is 8.67. The van der Waals surface area contributed by atoms with Crippen LogP contribution in [-0.2, 0) is 4.74 Å². The molecule has 1 aliphatic heterocycles. The van der Waals surface area contributed by atoms with Gasteiger partial charge < -0.3 is 14.6 Å². The SMILES string of the molecule is CCC1OCCC1C(O)c1ccc(OC)cc1Br. The van der Waals surface area contributed by atoms with Crippen LogP contribution in [-0.4, -0.2) is 24.9 Å². The molecule has 1 aliphatic rings. The van der Waals surface area contributed by atoms with E-state index in [1.165, 1.54) is 0 Å². The Morgan fingerprint density at radius 1 is 1.56 bits per heavy atom. The van der Waals surface area contributed by atoms with E-state index in [1.807, 2.05) is 18.2 Å². The van der Waals surface area contributed by atoms with Crippen molar-refractivity contribution in [2.75, 3.05) is 13.7 Å². The minimum absolute atomic E-state index is 0.161. The highest BCUT2D eigenvalue weighted by Crippen LogP contribution is 2.38. The van der Waals surface area contributed by atoms with Gasteiger partial charge in [0.25, 0.3) is 0 Å². The number of rotatable bonds is 4. The van der Waals surface area contributed by atoms with Crippen LogP contribution >= 0.6 is 15.9 Å². The summed E-state index contributed by atoms with van der Waals surface area (Å²) in [5.41, 5.74) is 0.907. The minimum atomic E-state index is -0.488. The molecular weight excluding hydrogens is 296 g/mol. The van der Waals surface area contributed by atoms with Crippen LogP contribution in [0.5, 0.6) is 5.75 Å². The van der Waals surface area contributed by atoms with Gasteiger partial charge in [-0.05, 0) is 30.5 Å². The van der Waals surface area contributed by atoms with E-state index in [0.29, 0.717) is 0 Å². The van der Waals surface area contributed by atoms with E-state index in [-0.39, 0.29) is 12.0 Å². The quantitative estimate of drug-likeness (QED) is 0.926. The smallest absolute Gasteiger partial charge is 0.120 e. The summed E-state index contributed by atoms with van der Waals surface area (Å²) in [4.78, 5) is 0. The fourth-order valence-corrected chi connectivity index (χ4v) is 3.14. The Morgan fingerprint density at radius 2 is 2.33 bits per heavy atom. The second kappa shape index (κ2) is 6.04. The lowest BCUT2D eigenvalue weighted by Crippen LogP contribution is -2.22. The number of hydrogen-bond acceptors (Lipinski definition) is 3. The van der Waals surface area contributed by atoms with Gasteiger partial charge in [0, 0.05) is 17.0 Å². The predicted octanol–water partition coefficient (Wildman–Crippen LogP) is 3.31. The molecule has 1 aromatic carbocycles. The molecule has 1 N–H and O–H groups in total. The molecule has 3 nitrogen and oxygen atoms in total. The van der Waals surface area contributed by atoms with Gasteiger partial charge in [0.15, 0.2) is 0 Å². The summed E-state index contributed by atoms with van der Waals surface area (Å²) in [6.07, 6.45) is 1.53. The van der Waals surface area contributed by atoms with E-state index < -0.39 is 6.10 Å². The third-order valence-electron chi connectivity index (χ3n) is 3.59. The number of ether oxygens (including phenoxy) is 2. The number of benzene rings is 1. The summed E-state index contributed by atoms with van der Waals surface area (Å²) in [5, 5.41) is 10.5. The van der Waals surface area contributed by atoms with Crippen molar-refractivity contribution in [2.24, 2.45) is 5.92 Å². The van der Waals surface area contributed by atoms with Crippen LogP contribution in [0.3, 0.4) is 0 Å². The van der Waals surface area contributed by atoms with Crippen LogP contribution < -0.4 is 4.74 Å². The Labute approximate surface area is 116 Å². The molecule has 0 bridgehead atoms. The van der Waals surface area contributed by atoms with E-state index >= 15 is 0 Å². The summed E-state index contributed by atoms with van der Waals surface area (Å²) < 4.78 is 11.7. The van der Waals surface area contributed by atoms with Crippen LogP contribution in [0, 0.1) is 5.92 Å². The van der Waals surface area contributed by atoms with Gasteiger partial charge in [-0.1, -0.05) is 28.9 Å². The van der Waals surface area contributed by atoms with Crippen molar-refractivity contribution in [1.29, 1.82) is 0 Å². The minimum Gasteiger partial charge on any atom is -0.497 e. The molecule has 0 aliphatic carbocycles. The molecule has 0 amide bonds. The first-order valence-corrected chi connectivity index (χ1v) is 7.09. The monoisotopic (exact) mass is 314 g/mol. The number of methoxy groups -OCH3 is 1. The van der Waals surface area contributed by atoms with Gasteiger partial charge in [0.1, 0.15) is 5.75 Å². The summed E-state index contributed by atoms with van der Waals surface area (Å²) in [6, 6.07) is 5.67. The second-order valence-electron chi connectivity index (χ2n) is 4.60. The molecule has 1 heterocycles. The highest BCUT2D eigenvalue weighted by Gasteiger charge is 2.34. The molecule has 18 heavy (non-hydrogen) atoms. The van der Waals surface area contributed by atoms with Crippen LogP contribution in [0.4, 0.5) is 0 Å². The summed E-state index contributed by atoms with van der Waals surface area (Å²) >= 11 is 3.50. The van der Waals surface area contributed by atoms with Gasteiger partial charge in [-0.2, -0.15) is 0 Å². The lowest BCUT2D eigenvalue weighted by atomic mass is 9.89. The average molecular weight is 315 g/mol. The highest BCUT2D eigenvalue weighted by molar-refractivity contribution is 9.10. The largest absolute Gasteiger partial charge is 0.497 e. The molecule has 1 fully saturated rings.